The smallest absolute Gasteiger partial charge is 0.215 e. The minimum atomic E-state index is -3.18. The zero-order valence-electron chi connectivity index (χ0n) is 14.6. The van der Waals surface area contributed by atoms with Gasteiger partial charge in [-0.1, -0.05) is 20.8 Å². The van der Waals surface area contributed by atoms with Gasteiger partial charge in [0.05, 0.1) is 5.75 Å². The highest BCUT2D eigenvalue weighted by molar-refractivity contribution is 14.0. The number of halogens is 1. The SMILES string of the molecule is CCC1CN(C(=NC)NCCS(=O)(=O)N(CC)CC)CCS1.I. The highest BCUT2D eigenvalue weighted by Gasteiger charge is 2.22. The van der Waals surface area contributed by atoms with E-state index < -0.39 is 10.0 Å². The third-order valence-corrected chi connectivity index (χ3v) is 7.24. The molecule has 1 unspecified atom stereocenters. The van der Waals surface area contributed by atoms with Crippen molar-refractivity contribution in [2.24, 2.45) is 4.99 Å². The Morgan fingerprint density at radius 3 is 2.52 bits per heavy atom. The molecule has 0 bridgehead atoms. The summed E-state index contributed by atoms with van der Waals surface area (Å²) >= 11 is 2.01. The zero-order valence-corrected chi connectivity index (χ0v) is 18.6. The summed E-state index contributed by atoms with van der Waals surface area (Å²) in [4.78, 5) is 6.53. The number of hydrogen-bond acceptors (Lipinski definition) is 4. The van der Waals surface area contributed by atoms with Gasteiger partial charge in [0.15, 0.2) is 5.96 Å². The van der Waals surface area contributed by atoms with E-state index in [0.717, 1.165) is 31.2 Å². The van der Waals surface area contributed by atoms with Gasteiger partial charge in [-0.05, 0) is 6.42 Å². The predicted molar refractivity (Wildman–Crippen MR) is 112 cm³/mol. The molecule has 0 saturated carbocycles. The maximum absolute atomic E-state index is 12.2. The van der Waals surface area contributed by atoms with Crippen LogP contribution in [0.4, 0.5) is 0 Å². The summed E-state index contributed by atoms with van der Waals surface area (Å²) in [5, 5.41) is 3.83. The maximum atomic E-state index is 12.2. The van der Waals surface area contributed by atoms with Crippen LogP contribution in [-0.2, 0) is 10.0 Å². The number of guanidine groups is 1. The first-order valence-electron chi connectivity index (χ1n) is 8.03. The number of aliphatic imine (C=N–C) groups is 1. The Morgan fingerprint density at radius 2 is 2.00 bits per heavy atom. The molecular formula is C14H31IN4O2S2. The van der Waals surface area contributed by atoms with Gasteiger partial charge in [0.25, 0.3) is 0 Å². The van der Waals surface area contributed by atoms with Gasteiger partial charge in [0.1, 0.15) is 0 Å². The van der Waals surface area contributed by atoms with Gasteiger partial charge in [0.2, 0.25) is 10.0 Å². The van der Waals surface area contributed by atoms with Crippen LogP contribution in [0.25, 0.3) is 0 Å². The molecule has 1 atom stereocenters. The van der Waals surface area contributed by atoms with Crippen molar-refractivity contribution >= 4 is 51.7 Å². The van der Waals surface area contributed by atoms with Crippen LogP contribution in [0.1, 0.15) is 27.2 Å². The molecule has 0 aromatic heterocycles. The number of sulfonamides is 1. The maximum Gasteiger partial charge on any atom is 0.215 e. The summed E-state index contributed by atoms with van der Waals surface area (Å²) in [5.74, 6) is 2.01. The molecule has 1 heterocycles. The van der Waals surface area contributed by atoms with Crippen LogP contribution in [0.5, 0.6) is 0 Å². The number of nitrogens with zero attached hydrogens (tertiary/aromatic N) is 3. The normalized spacial score (nSPS) is 19.6. The molecule has 1 saturated heterocycles. The minimum Gasteiger partial charge on any atom is -0.355 e. The highest BCUT2D eigenvalue weighted by atomic mass is 127. The van der Waals surface area contributed by atoms with E-state index in [-0.39, 0.29) is 29.7 Å². The van der Waals surface area contributed by atoms with E-state index in [1.807, 2.05) is 25.6 Å². The topological polar surface area (TPSA) is 65.0 Å². The van der Waals surface area contributed by atoms with Crippen molar-refractivity contribution in [3.63, 3.8) is 0 Å². The summed E-state index contributed by atoms with van der Waals surface area (Å²) in [6.07, 6.45) is 1.15. The quantitative estimate of drug-likeness (QED) is 0.343. The van der Waals surface area contributed by atoms with E-state index in [0.29, 0.717) is 24.9 Å². The second kappa shape index (κ2) is 11.8. The average molecular weight is 478 g/mol. The molecule has 6 nitrogen and oxygen atoms in total. The minimum absolute atomic E-state index is 0. The average Bonchev–Trinajstić information content (AvgIpc) is 2.52. The lowest BCUT2D eigenvalue weighted by Crippen LogP contribution is -2.49. The first kappa shape index (κ1) is 23.3. The molecular weight excluding hydrogens is 447 g/mol. The molecule has 23 heavy (non-hydrogen) atoms. The molecule has 0 amide bonds. The van der Waals surface area contributed by atoms with Crippen LogP contribution in [0.3, 0.4) is 0 Å². The Bertz CT molecular complexity index is 456. The van der Waals surface area contributed by atoms with E-state index in [2.05, 4.69) is 22.1 Å². The van der Waals surface area contributed by atoms with Crippen LogP contribution < -0.4 is 5.32 Å². The summed E-state index contributed by atoms with van der Waals surface area (Å²) in [7, 11) is -1.43. The molecule has 1 rings (SSSR count). The van der Waals surface area contributed by atoms with Gasteiger partial charge in [-0.2, -0.15) is 11.8 Å². The summed E-state index contributed by atoms with van der Waals surface area (Å²) < 4.78 is 25.8. The lowest BCUT2D eigenvalue weighted by molar-refractivity contribution is 0.408. The molecule has 0 spiro atoms. The molecule has 0 aromatic rings. The molecule has 1 aliphatic heterocycles. The van der Waals surface area contributed by atoms with Crippen LogP contribution in [0.2, 0.25) is 0 Å². The van der Waals surface area contributed by atoms with Gasteiger partial charge in [0, 0.05) is 50.8 Å². The molecule has 138 valence electrons. The summed E-state index contributed by atoms with van der Waals surface area (Å²) in [6, 6.07) is 0. The molecule has 0 aromatic carbocycles. The molecule has 9 heteroatoms. The lowest BCUT2D eigenvalue weighted by Gasteiger charge is -2.34. The number of rotatable bonds is 7. The highest BCUT2D eigenvalue weighted by Crippen LogP contribution is 2.20. The third kappa shape index (κ3) is 7.35. The van der Waals surface area contributed by atoms with Crippen molar-refractivity contribution in [2.75, 3.05) is 51.3 Å². The van der Waals surface area contributed by atoms with E-state index in [1.54, 1.807) is 7.05 Å². The Balaban J connectivity index is 0.00000484. The molecule has 1 N–H and O–H groups in total. The van der Waals surface area contributed by atoms with Crippen LogP contribution in [0, 0.1) is 0 Å². The molecule has 0 radical (unpaired) electrons. The summed E-state index contributed by atoms with van der Waals surface area (Å²) in [6.45, 7) is 9.31. The summed E-state index contributed by atoms with van der Waals surface area (Å²) in [5.41, 5.74) is 0. The predicted octanol–water partition coefficient (Wildman–Crippen LogP) is 1.68. The lowest BCUT2D eigenvalue weighted by atomic mass is 10.3. The van der Waals surface area contributed by atoms with Gasteiger partial charge in [-0.15, -0.1) is 24.0 Å². The molecule has 0 aliphatic carbocycles. The number of thioether (sulfide) groups is 1. The van der Waals surface area contributed by atoms with Crippen molar-refractivity contribution in [3.8, 4) is 0 Å². The van der Waals surface area contributed by atoms with Crippen LogP contribution in [-0.4, -0.2) is 80.1 Å². The fourth-order valence-corrected chi connectivity index (χ4v) is 5.11. The van der Waals surface area contributed by atoms with Crippen molar-refractivity contribution in [3.05, 3.63) is 0 Å². The molecule has 1 fully saturated rings. The monoisotopic (exact) mass is 478 g/mol. The third-order valence-electron chi connectivity index (χ3n) is 3.85. The molecule has 1 aliphatic rings. The fourth-order valence-electron chi connectivity index (χ4n) is 2.53. The first-order valence-corrected chi connectivity index (χ1v) is 10.7. The van der Waals surface area contributed by atoms with Gasteiger partial charge < -0.3 is 10.2 Å². The van der Waals surface area contributed by atoms with Gasteiger partial charge in [-0.25, -0.2) is 12.7 Å². The fraction of sp³-hybridized carbons (Fsp3) is 0.929. The Labute approximate surface area is 162 Å². The van der Waals surface area contributed by atoms with E-state index in [1.165, 1.54) is 4.31 Å². The standard InChI is InChI=1S/C14H30N4O2S2.HI/c1-5-13-12-17(9-10-21-13)14(15-4)16-8-11-22(19,20)18(6-2)7-3;/h13H,5-12H2,1-4H3,(H,15,16);1H. The second-order valence-corrected chi connectivity index (χ2v) is 8.72. The number of hydrogen-bond donors (Lipinski definition) is 1. The number of nitrogens with one attached hydrogen (secondary N) is 1. The van der Waals surface area contributed by atoms with Crippen molar-refractivity contribution in [1.29, 1.82) is 0 Å². The van der Waals surface area contributed by atoms with Crippen LogP contribution >= 0.6 is 35.7 Å². The Morgan fingerprint density at radius 1 is 1.35 bits per heavy atom. The zero-order chi connectivity index (χ0) is 16.6. The Hall–Kier alpha value is 0.260. The van der Waals surface area contributed by atoms with E-state index in [9.17, 15) is 8.42 Å². The van der Waals surface area contributed by atoms with Crippen molar-refractivity contribution < 1.29 is 8.42 Å². The largest absolute Gasteiger partial charge is 0.355 e. The van der Waals surface area contributed by atoms with Crippen molar-refractivity contribution in [1.82, 2.24) is 14.5 Å². The second-order valence-electron chi connectivity index (χ2n) is 5.22. The van der Waals surface area contributed by atoms with Gasteiger partial charge in [-0.3, -0.25) is 4.99 Å². The Kier molecular flexibility index (Phi) is 11.9. The van der Waals surface area contributed by atoms with Crippen LogP contribution in [0.15, 0.2) is 4.99 Å². The van der Waals surface area contributed by atoms with E-state index in [4.69, 9.17) is 0 Å². The van der Waals surface area contributed by atoms with E-state index >= 15 is 0 Å². The first-order chi connectivity index (χ1) is 10.5. The van der Waals surface area contributed by atoms with Crippen molar-refractivity contribution in [2.45, 2.75) is 32.4 Å². The van der Waals surface area contributed by atoms with Gasteiger partial charge >= 0.3 is 0 Å².